The van der Waals surface area contributed by atoms with E-state index in [4.69, 9.17) is 5.14 Å². The van der Waals surface area contributed by atoms with Gasteiger partial charge < -0.3 is 0 Å². The summed E-state index contributed by atoms with van der Waals surface area (Å²) < 4.78 is 22.3. The van der Waals surface area contributed by atoms with Crippen molar-refractivity contribution in [2.75, 3.05) is 0 Å². The SMILES string of the molecule is NS(=O)(=O)c1cccc2c1C=CC2. The minimum absolute atomic E-state index is 0.221. The summed E-state index contributed by atoms with van der Waals surface area (Å²) in [5, 5.41) is 5.07. The Bertz CT molecular complexity index is 474. The van der Waals surface area contributed by atoms with Gasteiger partial charge in [-0.3, -0.25) is 0 Å². The predicted molar refractivity (Wildman–Crippen MR) is 50.6 cm³/mol. The van der Waals surface area contributed by atoms with Crippen LogP contribution in [0.15, 0.2) is 29.2 Å². The van der Waals surface area contributed by atoms with Gasteiger partial charge in [-0.15, -0.1) is 0 Å². The van der Waals surface area contributed by atoms with E-state index in [0.717, 1.165) is 17.5 Å². The van der Waals surface area contributed by atoms with E-state index in [1.54, 1.807) is 12.1 Å². The third kappa shape index (κ3) is 1.38. The quantitative estimate of drug-likeness (QED) is 0.723. The molecule has 0 radical (unpaired) electrons. The summed E-state index contributed by atoms with van der Waals surface area (Å²) in [6, 6.07) is 5.15. The van der Waals surface area contributed by atoms with Gasteiger partial charge in [0.05, 0.1) is 4.90 Å². The van der Waals surface area contributed by atoms with Crippen molar-refractivity contribution >= 4 is 16.1 Å². The topological polar surface area (TPSA) is 60.2 Å². The Balaban J connectivity index is 2.74. The van der Waals surface area contributed by atoms with Crippen LogP contribution < -0.4 is 5.14 Å². The average molecular weight is 195 g/mol. The molecule has 68 valence electrons. The lowest BCUT2D eigenvalue weighted by atomic mass is 10.1. The number of hydrogen-bond donors (Lipinski definition) is 1. The second-order valence-electron chi connectivity index (χ2n) is 2.98. The maximum Gasteiger partial charge on any atom is 0.238 e. The molecule has 2 rings (SSSR count). The number of sulfonamides is 1. The Kier molecular flexibility index (Phi) is 1.75. The van der Waals surface area contributed by atoms with Crippen molar-refractivity contribution in [3.8, 4) is 0 Å². The molecule has 2 N–H and O–H groups in total. The van der Waals surface area contributed by atoms with Gasteiger partial charge >= 0.3 is 0 Å². The van der Waals surface area contributed by atoms with Crippen LogP contribution in [0.1, 0.15) is 11.1 Å². The molecule has 0 heterocycles. The highest BCUT2D eigenvalue weighted by Crippen LogP contribution is 2.25. The van der Waals surface area contributed by atoms with Crippen molar-refractivity contribution in [3.63, 3.8) is 0 Å². The largest absolute Gasteiger partial charge is 0.238 e. The zero-order valence-electron chi connectivity index (χ0n) is 6.90. The highest BCUT2D eigenvalue weighted by Gasteiger charge is 2.16. The van der Waals surface area contributed by atoms with Crippen molar-refractivity contribution in [1.29, 1.82) is 0 Å². The van der Waals surface area contributed by atoms with Gasteiger partial charge in [-0.05, 0) is 23.6 Å². The Hall–Kier alpha value is -1.13. The normalized spacial score (nSPS) is 14.5. The summed E-state index contributed by atoms with van der Waals surface area (Å²) in [5.41, 5.74) is 1.76. The van der Waals surface area contributed by atoms with E-state index in [0.29, 0.717) is 0 Å². The van der Waals surface area contributed by atoms with Gasteiger partial charge in [-0.1, -0.05) is 24.3 Å². The number of hydrogen-bond acceptors (Lipinski definition) is 2. The molecule has 1 aliphatic rings. The first-order valence-corrected chi connectivity index (χ1v) is 5.45. The zero-order chi connectivity index (χ0) is 9.47. The number of allylic oxidation sites excluding steroid dienone is 1. The summed E-state index contributed by atoms with van der Waals surface area (Å²) in [5.74, 6) is 0. The number of fused-ring (bicyclic) bond motifs is 1. The third-order valence-corrected chi connectivity index (χ3v) is 3.05. The van der Waals surface area contributed by atoms with Crippen molar-refractivity contribution in [3.05, 3.63) is 35.4 Å². The number of nitrogens with two attached hydrogens (primary N) is 1. The van der Waals surface area contributed by atoms with Crippen LogP contribution in [-0.2, 0) is 16.4 Å². The van der Waals surface area contributed by atoms with E-state index < -0.39 is 10.0 Å². The zero-order valence-corrected chi connectivity index (χ0v) is 7.71. The molecular weight excluding hydrogens is 186 g/mol. The number of benzene rings is 1. The lowest BCUT2D eigenvalue weighted by Crippen LogP contribution is -2.13. The summed E-state index contributed by atoms with van der Waals surface area (Å²) >= 11 is 0. The van der Waals surface area contributed by atoms with Crippen molar-refractivity contribution in [2.24, 2.45) is 5.14 Å². The van der Waals surface area contributed by atoms with E-state index >= 15 is 0 Å². The van der Waals surface area contributed by atoms with Gasteiger partial charge in [0, 0.05) is 0 Å². The fourth-order valence-electron chi connectivity index (χ4n) is 1.51. The lowest BCUT2D eigenvalue weighted by molar-refractivity contribution is 0.597. The molecule has 0 spiro atoms. The average Bonchev–Trinajstić information content (AvgIpc) is 2.48. The molecule has 0 amide bonds. The molecule has 13 heavy (non-hydrogen) atoms. The van der Waals surface area contributed by atoms with E-state index in [1.807, 2.05) is 12.1 Å². The van der Waals surface area contributed by atoms with E-state index in [2.05, 4.69) is 0 Å². The third-order valence-electron chi connectivity index (χ3n) is 2.09. The maximum atomic E-state index is 11.1. The molecule has 0 bridgehead atoms. The van der Waals surface area contributed by atoms with Crippen LogP contribution in [0.2, 0.25) is 0 Å². The molecule has 0 fully saturated rings. The van der Waals surface area contributed by atoms with E-state index in [-0.39, 0.29) is 4.90 Å². The summed E-state index contributed by atoms with van der Waals surface area (Å²) in [7, 11) is -3.58. The molecular formula is C9H9NO2S. The van der Waals surface area contributed by atoms with Gasteiger partial charge in [-0.25, -0.2) is 13.6 Å². The molecule has 1 aromatic carbocycles. The molecule has 0 saturated heterocycles. The van der Waals surface area contributed by atoms with Crippen LogP contribution in [0, 0.1) is 0 Å². The highest BCUT2D eigenvalue weighted by molar-refractivity contribution is 7.89. The van der Waals surface area contributed by atoms with Crippen molar-refractivity contribution < 1.29 is 8.42 Å². The molecule has 0 aliphatic heterocycles. The van der Waals surface area contributed by atoms with Crippen molar-refractivity contribution in [2.45, 2.75) is 11.3 Å². The molecule has 0 unspecified atom stereocenters. The van der Waals surface area contributed by atoms with Gasteiger partial charge in [0.25, 0.3) is 0 Å². The van der Waals surface area contributed by atoms with Gasteiger partial charge in [0.1, 0.15) is 0 Å². The minimum Gasteiger partial charge on any atom is -0.225 e. The number of rotatable bonds is 1. The molecule has 4 heteroatoms. The van der Waals surface area contributed by atoms with Gasteiger partial charge in [-0.2, -0.15) is 0 Å². The van der Waals surface area contributed by atoms with Crippen LogP contribution in [0.3, 0.4) is 0 Å². The van der Waals surface area contributed by atoms with Gasteiger partial charge in [0.2, 0.25) is 10.0 Å². The summed E-state index contributed by atoms with van der Waals surface area (Å²) in [6.07, 6.45) is 4.52. The maximum absolute atomic E-state index is 11.1. The van der Waals surface area contributed by atoms with E-state index in [1.165, 1.54) is 6.07 Å². The first-order chi connectivity index (χ1) is 6.09. The van der Waals surface area contributed by atoms with Crippen LogP contribution in [0.4, 0.5) is 0 Å². The van der Waals surface area contributed by atoms with Crippen molar-refractivity contribution in [1.82, 2.24) is 0 Å². The fourth-order valence-corrected chi connectivity index (χ4v) is 2.28. The smallest absolute Gasteiger partial charge is 0.225 e. The molecule has 0 saturated carbocycles. The highest BCUT2D eigenvalue weighted by atomic mass is 32.2. The minimum atomic E-state index is -3.58. The summed E-state index contributed by atoms with van der Waals surface area (Å²) in [4.78, 5) is 0.221. The van der Waals surface area contributed by atoms with E-state index in [9.17, 15) is 8.42 Å². The second-order valence-corrected chi connectivity index (χ2v) is 4.51. The Labute approximate surface area is 76.9 Å². The second kappa shape index (κ2) is 2.68. The lowest BCUT2D eigenvalue weighted by Gasteiger charge is -2.04. The standard InChI is InChI=1S/C9H9NO2S/c10-13(11,12)9-6-2-4-7-3-1-5-8(7)9/h1-2,4-6H,3H2,(H2,10,11,12). The molecule has 0 aromatic heterocycles. The monoisotopic (exact) mass is 195 g/mol. The van der Waals surface area contributed by atoms with Crippen LogP contribution in [-0.4, -0.2) is 8.42 Å². The Morgan fingerprint density at radius 3 is 2.77 bits per heavy atom. The van der Waals surface area contributed by atoms with Crippen LogP contribution in [0.25, 0.3) is 6.08 Å². The fraction of sp³-hybridized carbons (Fsp3) is 0.111. The van der Waals surface area contributed by atoms with Gasteiger partial charge in [0.15, 0.2) is 0 Å². The molecule has 1 aliphatic carbocycles. The number of primary sulfonamides is 1. The summed E-state index contributed by atoms with van der Waals surface area (Å²) in [6.45, 7) is 0. The molecule has 1 aromatic rings. The Morgan fingerprint density at radius 1 is 1.31 bits per heavy atom. The molecule has 3 nitrogen and oxygen atoms in total. The van der Waals surface area contributed by atoms with Crippen LogP contribution in [0.5, 0.6) is 0 Å². The first-order valence-electron chi connectivity index (χ1n) is 3.90. The Morgan fingerprint density at radius 2 is 2.08 bits per heavy atom. The molecule has 0 atom stereocenters. The van der Waals surface area contributed by atoms with Crippen LogP contribution >= 0.6 is 0 Å². The first kappa shape index (κ1) is 8.47. The predicted octanol–water partition coefficient (Wildman–Crippen LogP) is 0.903.